The summed E-state index contributed by atoms with van der Waals surface area (Å²) in [6.45, 7) is 2.06. The van der Waals surface area contributed by atoms with E-state index >= 15 is 0 Å². The number of nitrogens with one attached hydrogen (secondary N) is 1. The number of nitrogens with zero attached hydrogens (tertiary/aromatic N) is 3. The summed E-state index contributed by atoms with van der Waals surface area (Å²) in [7, 11) is 0. The minimum absolute atomic E-state index is 0.0500. The molecule has 7 heteroatoms. The standard InChI is InChI=1S/C16H16N4O2S/c21-15-9-20(13-1-4-17-7-12(13)18-15)16(22)10-19-5-2-14-11(8-19)3-6-23-14/h1,3-4,6-7H,2,5,8-10H2,(H,18,21). The molecule has 0 spiro atoms. The van der Waals surface area contributed by atoms with Gasteiger partial charge in [0.05, 0.1) is 24.1 Å². The molecule has 23 heavy (non-hydrogen) atoms. The predicted octanol–water partition coefficient (Wildman–Crippen LogP) is 1.49. The Morgan fingerprint density at radius 3 is 3.17 bits per heavy atom. The number of anilines is 2. The van der Waals surface area contributed by atoms with E-state index in [1.54, 1.807) is 34.7 Å². The molecule has 2 amide bonds. The van der Waals surface area contributed by atoms with Crippen LogP contribution < -0.4 is 10.2 Å². The molecule has 0 radical (unpaired) electrons. The van der Waals surface area contributed by atoms with E-state index in [1.807, 2.05) is 0 Å². The van der Waals surface area contributed by atoms with Crippen LogP contribution >= 0.6 is 11.3 Å². The molecule has 0 atom stereocenters. The van der Waals surface area contributed by atoms with Crippen LogP contribution in [0.3, 0.4) is 0 Å². The Morgan fingerprint density at radius 2 is 2.26 bits per heavy atom. The molecule has 0 bridgehead atoms. The number of fused-ring (bicyclic) bond motifs is 2. The Bertz CT molecular complexity index is 773. The molecule has 4 heterocycles. The van der Waals surface area contributed by atoms with Crippen LogP contribution in [0.15, 0.2) is 29.9 Å². The zero-order chi connectivity index (χ0) is 15.8. The molecule has 0 aliphatic carbocycles. The normalized spacial score (nSPS) is 17.4. The summed E-state index contributed by atoms with van der Waals surface area (Å²) in [5, 5.41) is 4.86. The number of hydrogen-bond donors (Lipinski definition) is 1. The number of rotatable bonds is 2. The van der Waals surface area contributed by atoms with Gasteiger partial charge in [-0.15, -0.1) is 11.3 Å². The van der Waals surface area contributed by atoms with Crippen molar-refractivity contribution in [2.24, 2.45) is 0 Å². The Kier molecular flexibility index (Phi) is 3.59. The molecule has 0 unspecified atom stereocenters. The van der Waals surface area contributed by atoms with Crippen molar-refractivity contribution < 1.29 is 9.59 Å². The SMILES string of the molecule is O=C1CN(C(=O)CN2CCc3sccc3C2)c2ccncc2N1. The first-order valence-electron chi connectivity index (χ1n) is 7.52. The number of carbonyl (C=O) groups is 2. The van der Waals surface area contributed by atoms with Crippen LogP contribution in [0, 0.1) is 0 Å². The summed E-state index contributed by atoms with van der Waals surface area (Å²) in [6, 6.07) is 3.89. The van der Waals surface area contributed by atoms with Crippen LogP contribution in [-0.2, 0) is 22.6 Å². The van der Waals surface area contributed by atoms with Crippen LogP contribution in [0.1, 0.15) is 10.4 Å². The highest BCUT2D eigenvalue weighted by molar-refractivity contribution is 7.10. The molecule has 6 nitrogen and oxygen atoms in total. The fourth-order valence-corrected chi connectivity index (χ4v) is 3.97. The number of thiophene rings is 1. The zero-order valence-electron chi connectivity index (χ0n) is 12.5. The second kappa shape index (κ2) is 5.75. The summed E-state index contributed by atoms with van der Waals surface area (Å²) in [6.07, 6.45) is 4.20. The second-order valence-corrected chi connectivity index (χ2v) is 6.75. The Morgan fingerprint density at radius 1 is 1.35 bits per heavy atom. The van der Waals surface area contributed by atoms with Gasteiger partial charge in [0.15, 0.2) is 0 Å². The van der Waals surface area contributed by atoms with E-state index < -0.39 is 0 Å². The first-order chi connectivity index (χ1) is 11.2. The third-order valence-electron chi connectivity index (χ3n) is 4.21. The largest absolute Gasteiger partial charge is 0.321 e. The highest BCUT2D eigenvalue weighted by Crippen LogP contribution is 2.29. The van der Waals surface area contributed by atoms with Gasteiger partial charge in [-0.25, -0.2) is 0 Å². The quantitative estimate of drug-likeness (QED) is 0.907. The second-order valence-electron chi connectivity index (χ2n) is 5.75. The lowest BCUT2D eigenvalue weighted by Crippen LogP contribution is -2.47. The van der Waals surface area contributed by atoms with Gasteiger partial charge in [-0.1, -0.05) is 0 Å². The summed E-state index contributed by atoms with van der Waals surface area (Å²) in [4.78, 5) is 33.6. The van der Waals surface area contributed by atoms with Crippen LogP contribution in [0.5, 0.6) is 0 Å². The molecule has 0 saturated heterocycles. The maximum atomic E-state index is 12.7. The van der Waals surface area contributed by atoms with Crippen LogP contribution in [0.2, 0.25) is 0 Å². The third kappa shape index (κ3) is 2.73. The van der Waals surface area contributed by atoms with Crippen LogP contribution in [0.25, 0.3) is 0 Å². The molecule has 2 aliphatic heterocycles. The third-order valence-corrected chi connectivity index (χ3v) is 5.23. The van der Waals surface area contributed by atoms with Crippen molar-refractivity contribution in [2.45, 2.75) is 13.0 Å². The lowest BCUT2D eigenvalue weighted by molar-refractivity contribution is -0.122. The molecule has 118 valence electrons. The van der Waals surface area contributed by atoms with E-state index in [0.29, 0.717) is 12.2 Å². The lowest BCUT2D eigenvalue weighted by Gasteiger charge is -2.32. The van der Waals surface area contributed by atoms with Crippen LogP contribution in [0.4, 0.5) is 11.4 Å². The van der Waals surface area contributed by atoms with Gasteiger partial charge in [-0.05, 0) is 29.5 Å². The molecular formula is C16H16N4O2S. The van der Waals surface area contributed by atoms with Gasteiger partial charge in [0.2, 0.25) is 11.8 Å². The number of carbonyl (C=O) groups excluding carboxylic acids is 2. The number of amides is 2. The highest BCUT2D eigenvalue weighted by atomic mass is 32.1. The van der Waals surface area contributed by atoms with Crippen molar-refractivity contribution in [1.82, 2.24) is 9.88 Å². The highest BCUT2D eigenvalue weighted by Gasteiger charge is 2.28. The Balaban J connectivity index is 1.51. The van der Waals surface area contributed by atoms with Crippen molar-refractivity contribution in [1.29, 1.82) is 0 Å². The smallest absolute Gasteiger partial charge is 0.244 e. The number of aromatic nitrogens is 1. The summed E-state index contributed by atoms with van der Waals surface area (Å²) < 4.78 is 0. The van der Waals surface area contributed by atoms with Gasteiger partial charge in [-0.3, -0.25) is 24.4 Å². The van der Waals surface area contributed by atoms with E-state index in [1.165, 1.54) is 10.4 Å². The minimum atomic E-state index is -0.183. The van der Waals surface area contributed by atoms with E-state index in [9.17, 15) is 9.59 Å². The van der Waals surface area contributed by atoms with Gasteiger partial charge in [-0.2, -0.15) is 0 Å². The summed E-state index contributed by atoms with van der Waals surface area (Å²) >= 11 is 1.78. The topological polar surface area (TPSA) is 65.5 Å². The number of hydrogen-bond acceptors (Lipinski definition) is 5. The summed E-state index contributed by atoms with van der Waals surface area (Å²) in [5.41, 5.74) is 2.63. The van der Waals surface area contributed by atoms with Crippen molar-refractivity contribution in [3.05, 3.63) is 40.3 Å². The monoisotopic (exact) mass is 328 g/mol. The van der Waals surface area contributed by atoms with E-state index in [0.717, 1.165) is 25.2 Å². The number of pyridine rings is 1. The maximum absolute atomic E-state index is 12.7. The van der Waals surface area contributed by atoms with Gasteiger partial charge in [0.1, 0.15) is 6.54 Å². The average Bonchev–Trinajstić information content (AvgIpc) is 3.01. The van der Waals surface area contributed by atoms with E-state index in [-0.39, 0.29) is 18.4 Å². The van der Waals surface area contributed by atoms with Crippen molar-refractivity contribution in [2.75, 3.05) is 29.9 Å². The van der Waals surface area contributed by atoms with Gasteiger partial charge < -0.3 is 5.32 Å². The molecule has 0 saturated carbocycles. The van der Waals surface area contributed by atoms with Crippen molar-refractivity contribution >= 4 is 34.5 Å². The lowest BCUT2D eigenvalue weighted by atomic mass is 10.1. The molecule has 2 aromatic heterocycles. The summed E-state index contributed by atoms with van der Waals surface area (Å²) in [5.74, 6) is -0.233. The molecule has 1 N–H and O–H groups in total. The first kappa shape index (κ1) is 14.3. The molecule has 0 aromatic carbocycles. The minimum Gasteiger partial charge on any atom is -0.321 e. The van der Waals surface area contributed by atoms with E-state index in [2.05, 4.69) is 26.6 Å². The molecule has 2 aromatic rings. The first-order valence-corrected chi connectivity index (χ1v) is 8.40. The maximum Gasteiger partial charge on any atom is 0.244 e. The van der Waals surface area contributed by atoms with Crippen molar-refractivity contribution in [3.63, 3.8) is 0 Å². The van der Waals surface area contributed by atoms with Crippen LogP contribution in [-0.4, -0.2) is 41.3 Å². The Hall–Kier alpha value is -2.25. The molecular weight excluding hydrogens is 312 g/mol. The van der Waals surface area contributed by atoms with Crippen molar-refractivity contribution in [3.8, 4) is 0 Å². The van der Waals surface area contributed by atoms with Gasteiger partial charge in [0.25, 0.3) is 0 Å². The average molecular weight is 328 g/mol. The van der Waals surface area contributed by atoms with Gasteiger partial charge >= 0.3 is 0 Å². The molecule has 4 rings (SSSR count). The fourth-order valence-electron chi connectivity index (χ4n) is 3.08. The zero-order valence-corrected chi connectivity index (χ0v) is 13.3. The fraction of sp³-hybridized carbons (Fsp3) is 0.312. The Labute approximate surface area is 137 Å². The van der Waals surface area contributed by atoms with Gasteiger partial charge in [0, 0.05) is 24.2 Å². The molecule has 0 fully saturated rings. The van der Waals surface area contributed by atoms with E-state index in [4.69, 9.17) is 0 Å². The molecule has 2 aliphatic rings. The predicted molar refractivity (Wildman–Crippen MR) is 88.5 cm³/mol.